The first kappa shape index (κ1) is 21.5. The van der Waals surface area contributed by atoms with E-state index in [-0.39, 0.29) is 10.6 Å². The van der Waals surface area contributed by atoms with Crippen molar-refractivity contribution in [3.8, 4) is 6.07 Å². The molecule has 0 saturated heterocycles. The minimum atomic E-state index is -4.81. The van der Waals surface area contributed by atoms with Crippen LogP contribution in [0.5, 0.6) is 0 Å². The van der Waals surface area contributed by atoms with E-state index in [9.17, 15) is 31.7 Å². The summed E-state index contributed by atoms with van der Waals surface area (Å²) in [6.45, 7) is 1.05. The lowest BCUT2D eigenvalue weighted by atomic mass is 10.1. The number of benzene rings is 2. The molecule has 5 nitrogen and oxygen atoms in total. The summed E-state index contributed by atoms with van der Waals surface area (Å²) in [5.41, 5.74) is -4.33. The number of rotatable bonds is 5. The average molecular weight is 414 g/mol. The maximum Gasteiger partial charge on any atom is 0.417 e. The lowest BCUT2D eigenvalue weighted by molar-refractivity contribution is -0.137. The van der Waals surface area contributed by atoms with Gasteiger partial charge < -0.3 is 10.4 Å². The molecule has 28 heavy (non-hydrogen) atoms. The van der Waals surface area contributed by atoms with Crippen molar-refractivity contribution >= 4 is 22.4 Å². The van der Waals surface area contributed by atoms with E-state index in [4.69, 9.17) is 5.26 Å². The van der Waals surface area contributed by atoms with Gasteiger partial charge in [-0.2, -0.15) is 18.4 Å². The molecule has 0 aromatic heterocycles. The topological polar surface area (TPSA) is 90.2 Å². The van der Waals surface area contributed by atoms with Crippen molar-refractivity contribution in [3.63, 3.8) is 0 Å². The zero-order valence-corrected chi connectivity index (χ0v) is 15.2. The molecule has 0 aliphatic heterocycles. The van der Waals surface area contributed by atoms with E-state index in [0.29, 0.717) is 6.07 Å². The highest BCUT2D eigenvalue weighted by molar-refractivity contribution is 7.85. The number of anilines is 1. The molecule has 0 radical (unpaired) electrons. The number of carbonyl (C=O) groups is 1. The maximum atomic E-state index is 13.0. The zero-order valence-electron chi connectivity index (χ0n) is 14.4. The lowest BCUT2D eigenvalue weighted by Gasteiger charge is -2.22. The molecular formula is C18H14F4N2O3S. The van der Waals surface area contributed by atoms with Gasteiger partial charge in [-0.25, -0.2) is 4.39 Å². The molecule has 2 rings (SSSR count). The Hall–Kier alpha value is -2.77. The Balaban J connectivity index is 2.18. The third kappa shape index (κ3) is 5.15. The number of alkyl halides is 3. The molecule has 0 spiro atoms. The van der Waals surface area contributed by atoms with Crippen LogP contribution in [0, 0.1) is 17.1 Å². The van der Waals surface area contributed by atoms with E-state index in [0.717, 1.165) is 31.2 Å². The Morgan fingerprint density at radius 3 is 2.36 bits per heavy atom. The molecule has 0 aliphatic carbocycles. The number of hydrogen-bond acceptors (Lipinski definition) is 4. The van der Waals surface area contributed by atoms with Gasteiger partial charge >= 0.3 is 6.18 Å². The molecule has 0 fully saturated rings. The summed E-state index contributed by atoms with van der Waals surface area (Å²) in [4.78, 5) is 12.4. The molecule has 0 bridgehead atoms. The average Bonchev–Trinajstić information content (AvgIpc) is 2.61. The van der Waals surface area contributed by atoms with Gasteiger partial charge in [0.15, 0.2) is 5.60 Å². The van der Waals surface area contributed by atoms with Crippen LogP contribution in [0.15, 0.2) is 47.4 Å². The highest BCUT2D eigenvalue weighted by Crippen LogP contribution is 2.33. The van der Waals surface area contributed by atoms with Crippen molar-refractivity contribution in [2.45, 2.75) is 23.6 Å². The third-order valence-electron chi connectivity index (χ3n) is 3.68. The number of carbonyl (C=O) groups excluding carboxylic acids is 1. The van der Waals surface area contributed by atoms with Crippen LogP contribution >= 0.6 is 0 Å². The Labute approximate surface area is 160 Å². The van der Waals surface area contributed by atoms with E-state index in [1.807, 2.05) is 0 Å². The molecule has 2 N–H and O–H groups in total. The number of aliphatic hydroxyl groups is 1. The number of nitrogens with one attached hydrogen (secondary N) is 1. The van der Waals surface area contributed by atoms with Crippen molar-refractivity contribution in [1.82, 2.24) is 0 Å². The van der Waals surface area contributed by atoms with Crippen molar-refractivity contribution in [1.29, 1.82) is 5.26 Å². The quantitative estimate of drug-likeness (QED) is 0.736. The summed E-state index contributed by atoms with van der Waals surface area (Å²) in [7, 11) is -1.86. The Bertz CT molecular complexity index is 951. The van der Waals surface area contributed by atoms with Crippen LogP contribution in [0.25, 0.3) is 0 Å². The molecular weight excluding hydrogens is 400 g/mol. The first-order valence-corrected chi connectivity index (χ1v) is 9.05. The zero-order chi connectivity index (χ0) is 21.1. The summed E-state index contributed by atoms with van der Waals surface area (Å²) in [6.07, 6.45) is -4.81. The van der Waals surface area contributed by atoms with Gasteiger partial charge in [-0.3, -0.25) is 9.00 Å². The monoisotopic (exact) mass is 414 g/mol. The molecule has 148 valence electrons. The van der Waals surface area contributed by atoms with Gasteiger partial charge in [0.05, 0.1) is 33.7 Å². The van der Waals surface area contributed by atoms with Gasteiger partial charge in [0, 0.05) is 10.6 Å². The van der Waals surface area contributed by atoms with Gasteiger partial charge in [-0.1, -0.05) is 0 Å². The fourth-order valence-electron chi connectivity index (χ4n) is 2.21. The Kier molecular flexibility index (Phi) is 6.21. The first-order chi connectivity index (χ1) is 12.9. The maximum absolute atomic E-state index is 13.0. The van der Waals surface area contributed by atoms with Crippen LogP contribution in [0.4, 0.5) is 23.2 Å². The molecule has 0 unspecified atom stereocenters. The minimum absolute atomic E-state index is 0.173. The van der Waals surface area contributed by atoms with Crippen molar-refractivity contribution in [2.24, 2.45) is 0 Å². The molecule has 2 aromatic rings. The fraction of sp³-hybridized carbons (Fsp3) is 0.222. The van der Waals surface area contributed by atoms with Crippen LogP contribution in [-0.4, -0.2) is 26.6 Å². The lowest BCUT2D eigenvalue weighted by Crippen LogP contribution is -2.44. The Morgan fingerprint density at radius 2 is 1.82 bits per heavy atom. The van der Waals surface area contributed by atoms with E-state index in [1.54, 1.807) is 0 Å². The van der Waals surface area contributed by atoms with Crippen LogP contribution in [0.2, 0.25) is 0 Å². The van der Waals surface area contributed by atoms with E-state index >= 15 is 0 Å². The molecule has 1 amide bonds. The highest BCUT2D eigenvalue weighted by atomic mass is 32.2. The highest BCUT2D eigenvalue weighted by Gasteiger charge is 2.36. The predicted molar refractivity (Wildman–Crippen MR) is 93.1 cm³/mol. The second kappa shape index (κ2) is 8.08. The van der Waals surface area contributed by atoms with Crippen LogP contribution < -0.4 is 5.32 Å². The minimum Gasteiger partial charge on any atom is -0.379 e. The third-order valence-corrected chi connectivity index (χ3v) is 5.30. The second-order valence-corrected chi connectivity index (χ2v) is 7.49. The van der Waals surface area contributed by atoms with Gasteiger partial charge in [0.25, 0.3) is 5.91 Å². The standard InChI is InChI=1S/C18H14F4N2O3S/c1-17(26,10-28(27)14-6-3-12(19)4-7-14)16(25)24-13-5-2-11(9-23)15(8-13)18(20,21)22/h2-8,26H,10H2,1H3,(H,24,25)/t17-,28+/m1/s1. The van der Waals surface area contributed by atoms with E-state index in [1.165, 1.54) is 18.2 Å². The van der Waals surface area contributed by atoms with Gasteiger partial charge in [0.2, 0.25) is 0 Å². The van der Waals surface area contributed by atoms with Crippen LogP contribution in [-0.2, 0) is 21.8 Å². The molecule has 0 heterocycles. The summed E-state index contributed by atoms with van der Waals surface area (Å²) in [5, 5.41) is 21.2. The van der Waals surface area contributed by atoms with Gasteiger partial charge in [-0.05, 0) is 49.4 Å². The number of amides is 1. The second-order valence-electron chi connectivity index (χ2n) is 6.04. The molecule has 2 aromatic carbocycles. The number of hydrogen-bond donors (Lipinski definition) is 2. The largest absolute Gasteiger partial charge is 0.417 e. The van der Waals surface area contributed by atoms with Crippen molar-refractivity contribution in [3.05, 3.63) is 59.4 Å². The summed E-state index contributed by atoms with van der Waals surface area (Å²) in [5.74, 6) is -2.19. The molecule has 0 aliphatic rings. The number of nitrogens with zero attached hydrogens (tertiary/aromatic N) is 1. The normalized spacial score (nSPS) is 14.6. The summed E-state index contributed by atoms with van der Waals surface area (Å²) >= 11 is 0. The fourth-order valence-corrected chi connectivity index (χ4v) is 3.46. The first-order valence-electron chi connectivity index (χ1n) is 7.73. The predicted octanol–water partition coefficient (Wildman–Crippen LogP) is 3.21. The number of halogens is 4. The smallest absolute Gasteiger partial charge is 0.379 e. The van der Waals surface area contributed by atoms with E-state index in [2.05, 4.69) is 5.32 Å². The van der Waals surface area contributed by atoms with Crippen molar-refractivity contribution in [2.75, 3.05) is 11.1 Å². The molecule has 2 atom stereocenters. The van der Waals surface area contributed by atoms with E-state index < -0.39 is 51.2 Å². The molecule has 10 heteroatoms. The number of nitriles is 1. The van der Waals surface area contributed by atoms with Gasteiger partial charge in [0.1, 0.15) is 5.82 Å². The summed E-state index contributed by atoms with van der Waals surface area (Å²) < 4.78 is 64.2. The summed E-state index contributed by atoms with van der Waals surface area (Å²) in [6, 6.07) is 8.56. The Morgan fingerprint density at radius 1 is 1.21 bits per heavy atom. The van der Waals surface area contributed by atoms with Gasteiger partial charge in [-0.15, -0.1) is 0 Å². The van der Waals surface area contributed by atoms with Crippen LogP contribution in [0.1, 0.15) is 18.1 Å². The van der Waals surface area contributed by atoms with Crippen LogP contribution in [0.3, 0.4) is 0 Å². The molecule has 0 saturated carbocycles. The van der Waals surface area contributed by atoms with Crippen molar-refractivity contribution < 1.29 is 31.7 Å². The SMILES string of the molecule is C[C@@](O)(C[S@](=O)c1ccc(F)cc1)C(=O)Nc1ccc(C#N)c(C(F)(F)F)c1.